The van der Waals surface area contributed by atoms with Gasteiger partial charge in [-0.2, -0.15) is 0 Å². The molecule has 1 aliphatic heterocycles. The van der Waals surface area contributed by atoms with Crippen LogP contribution in [0.15, 0.2) is 12.2 Å². The van der Waals surface area contributed by atoms with Gasteiger partial charge in [0.1, 0.15) is 0 Å². The third-order valence-electron chi connectivity index (χ3n) is 2.91. The average Bonchev–Trinajstić information content (AvgIpc) is 2.39. The highest BCUT2D eigenvalue weighted by Crippen LogP contribution is 2.08. The van der Waals surface area contributed by atoms with Crippen molar-refractivity contribution < 1.29 is 18.9 Å². The molecule has 0 spiro atoms. The summed E-state index contributed by atoms with van der Waals surface area (Å²) in [7, 11) is 0.745. The SMILES string of the molecule is CCCCC=CC(NSC)B1OC(=O)CN(C)CC(=O)O1. The number of carbonyl (C=O) groups excluding carboxylic acids is 2. The van der Waals surface area contributed by atoms with E-state index in [4.69, 9.17) is 9.31 Å². The van der Waals surface area contributed by atoms with Crippen molar-refractivity contribution in [3.63, 3.8) is 0 Å². The Bertz CT molecular complexity index is 361. The molecule has 0 aromatic rings. The summed E-state index contributed by atoms with van der Waals surface area (Å²) in [5.41, 5.74) is 0. The van der Waals surface area contributed by atoms with Crippen LogP contribution < -0.4 is 4.72 Å². The number of unbranched alkanes of at least 4 members (excludes halogenated alkanes) is 2. The first-order chi connectivity index (χ1) is 10.1. The van der Waals surface area contributed by atoms with Crippen LogP contribution in [-0.2, 0) is 18.9 Å². The van der Waals surface area contributed by atoms with E-state index in [1.807, 2.05) is 18.4 Å². The first kappa shape index (κ1) is 18.1. The molecule has 21 heavy (non-hydrogen) atoms. The summed E-state index contributed by atoms with van der Waals surface area (Å²) in [6, 6.07) is 0. The van der Waals surface area contributed by atoms with Crippen molar-refractivity contribution in [2.75, 3.05) is 26.4 Å². The lowest BCUT2D eigenvalue weighted by Gasteiger charge is -2.25. The van der Waals surface area contributed by atoms with Crippen molar-refractivity contribution in [3.8, 4) is 0 Å². The standard InChI is InChI=1S/C13H23BN2O4S/c1-4-5-6-7-8-11(15-21-3)14-19-12(17)9-16(2)10-13(18)20-14/h7-8,11,15H,4-6,9-10H2,1-3H3. The molecule has 1 atom stereocenters. The molecule has 0 bridgehead atoms. The number of hydrogen-bond acceptors (Lipinski definition) is 7. The van der Waals surface area contributed by atoms with E-state index in [1.165, 1.54) is 11.9 Å². The van der Waals surface area contributed by atoms with Gasteiger partial charge in [-0.25, -0.2) is 0 Å². The average molecular weight is 314 g/mol. The third kappa shape index (κ3) is 7.01. The Morgan fingerprint density at radius 3 is 2.52 bits per heavy atom. The van der Waals surface area contributed by atoms with Crippen LogP contribution in [0.1, 0.15) is 26.2 Å². The summed E-state index contributed by atoms with van der Waals surface area (Å²) in [6.45, 7) is 2.29. The van der Waals surface area contributed by atoms with Crippen LogP contribution in [0.2, 0.25) is 0 Å². The predicted octanol–water partition coefficient (Wildman–Crippen LogP) is 1.03. The van der Waals surface area contributed by atoms with E-state index in [2.05, 4.69) is 11.6 Å². The Morgan fingerprint density at radius 1 is 1.38 bits per heavy atom. The molecule has 0 aromatic carbocycles. The van der Waals surface area contributed by atoms with Crippen LogP contribution in [-0.4, -0.2) is 56.3 Å². The number of nitrogens with one attached hydrogen (secondary N) is 1. The molecular formula is C13H23BN2O4S. The lowest BCUT2D eigenvalue weighted by atomic mass is 9.78. The maximum absolute atomic E-state index is 11.7. The fraction of sp³-hybridized carbons (Fsp3) is 0.692. The topological polar surface area (TPSA) is 67.9 Å². The largest absolute Gasteiger partial charge is 0.621 e. The van der Waals surface area contributed by atoms with Gasteiger partial charge in [0.2, 0.25) is 0 Å². The van der Waals surface area contributed by atoms with Crippen molar-refractivity contribution in [1.82, 2.24) is 9.62 Å². The van der Waals surface area contributed by atoms with E-state index in [0.717, 1.165) is 19.3 Å². The molecule has 1 unspecified atom stereocenters. The van der Waals surface area contributed by atoms with E-state index in [0.29, 0.717) is 0 Å². The number of rotatable bonds is 7. The number of hydrogen-bond donors (Lipinski definition) is 1. The van der Waals surface area contributed by atoms with Crippen LogP contribution in [0.4, 0.5) is 0 Å². The summed E-state index contributed by atoms with van der Waals surface area (Å²) >= 11 is 1.39. The summed E-state index contributed by atoms with van der Waals surface area (Å²) in [5, 5.41) is 0. The first-order valence-electron chi connectivity index (χ1n) is 7.09. The summed E-state index contributed by atoms with van der Waals surface area (Å²) in [4.78, 5) is 25.0. The molecule has 1 N–H and O–H groups in total. The second-order valence-electron chi connectivity index (χ2n) is 4.94. The fourth-order valence-corrected chi connectivity index (χ4v) is 2.35. The molecule has 1 heterocycles. The van der Waals surface area contributed by atoms with Crippen LogP contribution >= 0.6 is 11.9 Å². The highest BCUT2D eigenvalue weighted by molar-refractivity contribution is 7.96. The van der Waals surface area contributed by atoms with Gasteiger partial charge in [-0.15, -0.1) is 0 Å². The molecule has 1 rings (SSSR count). The van der Waals surface area contributed by atoms with Crippen LogP contribution in [0.3, 0.4) is 0 Å². The van der Waals surface area contributed by atoms with Gasteiger partial charge in [-0.05, 0) is 19.7 Å². The molecule has 1 saturated heterocycles. The molecular weight excluding hydrogens is 291 g/mol. The number of carbonyl (C=O) groups is 2. The lowest BCUT2D eigenvalue weighted by Crippen LogP contribution is -2.50. The lowest BCUT2D eigenvalue weighted by molar-refractivity contribution is -0.145. The van der Waals surface area contributed by atoms with Gasteiger partial charge in [-0.3, -0.25) is 19.2 Å². The minimum Gasteiger partial charge on any atom is -0.497 e. The Morgan fingerprint density at radius 2 is 2.00 bits per heavy atom. The van der Waals surface area contributed by atoms with Crippen molar-refractivity contribution in [2.45, 2.75) is 32.1 Å². The van der Waals surface area contributed by atoms with Gasteiger partial charge >= 0.3 is 19.1 Å². The van der Waals surface area contributed by atoms with Crippen molar-refractivity contribution in [2.24, 2.45) is 0 Å². The zero-order chi connectivity index (χ0) is 15.7. The Hall–Kier alpha value is -0.985. The van der Waals surface area contributed by atoms with E-state index in [9.17, 15) is 9.59 Å². The van der Waals surface area contributed by atoms with E-state index in [-0.39, 0.29) is 19.0 Å². The van der Waals surface area contributed by atoms with E-state index >= 15 is 0 Å². The number of nitrogens with zero attached hydrogens (tertiary/aromatic N) is 1. The Kier molecular flexibility index (Phi) is 8.48. The first-order valence-corrected chi connectivity index (χ1v) is 8.32. The van der Waals surface area contributed by atoms with Gasteiger partial charge in [-0.1, -0.05) is 43.9 Å². The van der Waals surface area contributed by atoms with Crippen LogP contribution in [0.25, 0.3) is 0 Å². The summed E-state index contributed by atoms with van der Waals surface area (Å²) < 4.78 is 13.6. The molecule has 6 nitrogen and oxygen atoms in total. The van der Waals surface area contributed by atoms with Crippen LogP contribution in [0.5, 0.6) is 0 Å². The maximum Gasteiger partial charge on any atom is 0.621 e. The van der Waals surface area contributed by atoms with Gasteiger partial charge in [0.15, 0.2) is 0 Å². The van der Waals surface area contributed by atoms with E-state index in [1.54, 1.807) is 11.9 Å². The van der Waals surface area contributed by atoms with Crippen molar-refractivity contribution in [1.29, 1.82) is 0 Å². The molecule has 1 aliphatic rings. The monoisotopic (exact) mass is 314 g/mol. The molecule has 0 aliphatic carbocycles. The molecule has 0 saturated carbocycles. The van der Waals surface area contributed by atoms with Gasteiger partial charge in [0.05, 0.1) is 19.0 Å². The van der Waals surface area contributed by atoms with Gasteiger partial charge < -0.3 is 9.31 Å². The minimum atomic E-state index is -0.927. The number of allylic oxidation sites excluding steroid dienone is 1. The molecule has 0 amide bonds. The normalized spacial score (nSPS) is 19.1. The third-order valence-corrected chi connectivity index (χ3v) is 3.42. The van der Waals surface area contributed by atoms with Crippen molar-refractivity contribution >= 4 is 31.0 Å². The Balaban J connectivity index is 2.71. The highest BCUT2D eigenvalue weighted by atomic mass is 32.2. The second kappa shape index (κ2) is 9.86. The van der Waals surface area contributed by atoms with Crippen molar-refractivity contribution in [3.05, 3.63) is 12.2 Å². The van der Waals surface area contributed by atoms with Crippen LogP contribution in [0, 0.1) is 0 Å². The molecule has 0 radical (unpaired) electrons. The molecule has 1 fully saturated rings. The quantitative estimate of drug-likeness (QED) is 0.326. The zero-order valence-electron chi connectivity index (χ0n) is 12.8. The Labute approximate surface area is 130 Å². The highest BCUT2D eigenvalue weighted by Gasteiger charge is 2.38. The van der Waals surface area contributed by atoms with E-state index < -0.39 is 19.1 Å². The second-order valence-corrected chi connectivity index (χ2v) is 5.58. The maximum atomic E-state index is 11.7. The summed E-state index contributed by atoms with van der Waals surface area (Å²) in [5.74, 6) is -1.15. The van der Waals surface area contributed by atoms with Gasteiger partial charge in [0.25, 0.3) is 0 Å². The van der Waals surface area contributed by atoms with Gasteiger partial charge in [0, 0.05) is 0 Å². The predicted molar refractivity (Wildman–Crippen MR) is 84.5 cm³/mol. The molecule has 118 valence electrons. The molecule has 8 heteroatoms. The molecule has 0 aromatic heterocycles. The zero-order valence-corrected chi connectivity index (χ0v) is 13.6. The fourth-order valence-electron chi connectivity index (χ4n) is 1.89. The smallest absolute Gasteiger partial charge is 0.497 e. The minimum absolute atomic E-state index is 0.0805. The summed E-state index contributed by atoms with van der Waals surface area (Å²) in [6.07, 6.45) is 8.93. The number of likely N-dealkylation sites (N-methyl/N-ethyl adjacent to an activating group) is 1.